The maximum atomic E-state index is 11.6. The fourth-order valence-corrected chi connectivity index (χ4v) is 1.97. The normalized spacial score (nSPS) is 11.2. The van der Waals surface area contributed by atoms with Gasteiger partial charge in [-0.15, -0.1) is 0 Å². The molecule has 0 aliphatic carbocycles. The molecule has 0 N–H and O–H groups in total. The number of nitrogens with zero attached hydrogens (tertiary/aromatic N) is 3. The lowest BCUT2D eigenvalue weighted by molar-refractivity contribution is -0.160. The average Bonchev–Trinajstić information content (AvgIpc) is 2.64. The van der Waals surface area contributed by atoms with Gasteiger partial charge < -0.3 is 23.8 Å². The van der Waals surface area contributed by atoms with Gasteiger partial charge in [0.2, 0.25) is 18.4 Å². The van der Waals surface area contributed by atoms with Crippen molar-refractivity contribution in [1.29, 1.82) is 0 Å². The second kappa shape index (κ2) is 9.54. The van der Waals surface area contributed by atoms with Crippen molar-refractivity contribution in [2.45, 2.75) is 26.4 Å². The van der Waals surface area contributed by atoms with Crippen molar-refractivity contribution in [3.63, 3.8) is 0 Å². The molecule has 0 amide bonds. The number of hydrogen-bond donors (Lipinski definition) is 0. The number of hydrogen-bond acceptors (Lipinski definition) is 9. The molecule has 0 fully saturated rings. The molecule has 1 aromatic carbocycles. The minimum absolute atomic E-state index is 0.0479. The first-order valence-electron chi connectivity index (χ1n) is 8.42. The monoisotopic (exact) mass is 389 g/mol. The minimum atomic E-state index is -0.581. The Balaban J connectivity index is 2.06. The van der Waals surface area contributed by atoms with E-state index in [0.717, 1.165) is 0 Å². The summed E-state index contributed by atoms with van der Waals surface area (Å²) in [6, 6.07) is 8.63. The zero-order chi connectivity index (χ0) is 20.6. The third-order valence-electron chi connectivity index (χ3n) is 3.07. The van der Waals surface area contributed by atoms with Gasteiger partial charge in [0, 0.05) is 5.56 Å². The second-order valence-electron chi connectivity index (χ2n) is 6.47. The highest BCUT2D eigenvalue weighted by molar-refractivity contribution is 5.83. The van der Waals surface area contributed by atoms with Crippen molar-refractivity contribution in [1.82, 2.24) is 9.97 Å². The summed E-state index contributed by atoms with van der Waals surface area (Å²) in [7, 11) is 2.96. The van der Waals surface area contributed by atoms with Crippen LogP contribution in [0.15, 0.2) is 35.5 Å². The first-order chi connectivity index (χ1) is 13.3. The third kappa shape index (κ3) is 6.75. The Bertz CT molecular complexity index is 810. The van der Waals surface area contributed by atoms with Gasteiger partial charge in [0.25, 0.3) is 0 Å². The first kappa shape index (κ1) is 20.9. The van der Waals surface area contributed by atoms with Crippen LogP contribution >= 0.6 is 0 Å². The summed E-state index contributed by atoms with van der Waals surface area (Å²) in [6.07, 6.45) is 1.41. The average molecular weight is 389 g/mol. The van der Waals surface area contributed by atoms with Crippen molar-refractivity contribution >= 4 is 12.2 Å². The molecule has 0 atom stereocenters. The van der Waals surface area contributed by atoms with Gasteiger partial charge in [-0.05, 0) is 32.9 Å². The molecule has 0 aliphatic heterocycles. The second-order valence-corrected chi connectivity index (χ2v) is 6.47. The Morgan fingerprint density at radius 2 is 1.75 bits per heavy atom. The maximum Gasteiger partial charge on any atom is 0.347 e. The molecule has 9 nitrogen and oxygen atoms in total. The summed E-state index contributed by atoms with van der Waals surface area (Å²) in [5.74, 6) is 0.524. The number of carbonyl (C=O) groups excluding carboxylic acids is 1. The van der Waals surface area contributed by atoms with Crippen LogP contribution in [0, 0.1) is 0 Å². The molecule has 2 rings (SSSR count). The topological polar surface area (TPSA) is 101 Å². The Hall–Kier alpha value is -3.36. The summed E-state index contributed by atoms with van der Waals surface area (Å²) in [5, 5.41) is 3.79. The lowest BCUT2D eigenvalue weighted by Gasteiger charge is -2.18. The molecule has 2 aromatic rings. The maximum absolute atomic E-state index is 11.6. The van der Waals surface area contributed by atoms with Crippen LogP contribution in [0.4, 0.5) is 0 Å². The fourth-order valence-electron chi connectivity index (χ4n) is 1.97. The van der Waals surface area contributed by atoms with Crippen molar-refractivity contribution < 1.29 is 28.6 Å². The van der Waals surface area contributed by atoms with Crippen molar-refractivity contribution in [2.75, 3.05) is 20.8 Å². The van der Waals surface area contributed by atoms with Crippen LogP contribution in [0.1, 0.15) is 26.3 Å². The first-order valence-corrected chi connectivity index (χ1v) is 8.42. The van der Waals surface area contributed by atoms with Crippen LogP contribution in [0.5, 0.6) is 23.5 Å². The molecule has 0 saturated carbocycles. The quantitative estimate of drug-likeness (QED) is 0.386. The highest BCUT2D eigenvalue weighted by Crippen LogP contribution is 2.25. The van der Waals surface area contributed by atoms with Gasteiger partial charge in [-0.2, -0.15) is 9.97 Å². The van der Waals surface area contributed by atoms with Crippen LogP contribution in [-0.4, -0.2) is 48.6 Å². The zero-order valence-electron chi connectivity index (χ0n) is 16.5. The molecule has 9 heteroatoms. The lowest BCUT2D eigenvalue weighted by atomic mass is 10.2. The van der Waals surface area contributed by atoms with Gasteiger partial charge in [-0.25, -0.2) is 4.79 Å². The lowest BCUT2D eigenvalue weighted by Crippen LogP contribution is -2.26. The van der Waals surface area contributed by atoms with Gasteiger partial charge in [0.05, 0.1) is 26.5 Å². The summed E-state index contributed by atoms with van der Waals surface area (Å²) in [4.78, 5) is 24.8. The number of para-hydroxylation sites is 1. The summed E-state index contributed by atoms with van der Waals surface area (Å²) in [6.45, 7) is 5.03. The SMILES string of the molecule is COc1cc(OC)nc(Oc2ccccc2/C=N/OCC(=O)OC(C)(C)C)n1. The number of aromatic nitrogens is 2. The van der Waals surface area contributed by atoms with E-state index in [4.69, 9.17) is 23.8 Å². The molecule has 28 heavy (non-hydrogen) atoms. The van der Waals surface area contributed by atoms with Crippen molar-refractivity contribution in [3.05, 3.63) is 35.9 Å². The van der Waals surface area contributed by atoms with E-state index in [1.807, 2.05) is 0 Å². The van der Waals surface area contributed by atoms with Crippen LogP contribution < -0.4 is 14.2 Å². The number of rotatable bonds is 8. The van der Waals surface area contributed by atoms with E-state index in [1.165, 1.54) is 26.5 Å². The molecule has 1 aromatic heterocycles. The molecule has 0 unspecified atom stereocenters. The molecule has 0 aliphatic rings. The van der Waals surface area contributed by atoms with Crippen LogP contribution in [0.25, 0.3) is 0 Å². The van der Waals surface area contributed by atoms with Crippen LogP contribution in [0.2, 0.25) is 0 Å². The van der Waals surface area contributed by atoms with Gasteiger partial charge >= 0.3 is 12.0 Å². The van der Waals surface area contributed by atoms with E-state index in [-0.39, 0.29) is 12.6 Å². The number of oxime groups is 1. The van der Waals surface area contributed by atoms with E-state index in [0.29, 0.717) is 23.1 Å². The van der Waals surface area contributed by atoms with Crippen LogP contribution in [0.3, 0.4) is 0 Å². The number of carbonyl (C=O) groups is 1. The van der Waals surface area contributed by atoms with Crippen molar-refractivity contribution in [3.8, 4) is 23.5 Å². The molecular weight excluding hydrogens is 366 g/mol. The van der Waals surface area contributed by atoms with Crippen LogP contribution in [-0.2, 0) is 14.4 Å². The molecular formula is C19H23N3O6. The Morgan fingerprint density at radius 1 is 1.11 bits per heavy atom. The standard InChI is InChI=1S/C19H23N3O6/c1-19(2,3)28-17(23)12-26-20-11-13-8-6-7-9-14(13)27-18-21-15(24-4)10-16(22-18)25-5/h6-11H,12H2,1-5H3/b20-11+. The molecule has 0 spiro atoms. The minimum Gasteiger partial charge on any atom is -0.481 e. The molecule has 0 radical (unpaired) electrons. The Kier molecular flexibility index (Phi) is 7.14. The largest absolute Gasteiger partial charge is 0.481 e. The molecule has 0 saturated heterocycles. The molecule has 0 bridgehead atoms. The van der Waals surface area contributed by atoms with Gasteiger partial charge in [-0.3, -0.25) is 0 Å². The van der Waals surface area contributed by atoms with Gasteiger partial charge in [-0.1, -0.05) is 17.3 Å². The van der Waals surface area contributed by atoms with Gasteiger partial charge in [0.1, 0.15) is 11.4 Å². The number of benzene rings is 1. The van der Waals surface area contributed by atoms with E-state index in [9.17, 15) is 4.79 Å². The molecule has 150 valence electrons. The predicted molar refractivity (Wildman–Crippen MR) is 101 cm³/mol. The van der Waals surface area contributed by atoms with E-state index in [2.05, 4.69) is 15.1 Å². The number of esters is 1. The smallest absolute Gasteiger partial charge is 0.347 e. The Morgan fingerprint density at radius 3 is 2.36 bits per heavy atom. The summed E-state index contributed by atoms with van der Waals surface area (Å²) < 4.78 is 21.1. The van der Waals surface area contributed by atoms with E-state index >= 15 is 0 Å². The Labute approximate surface area is 163 Å². The number of ether oxygens (including phenoxy) is 4. The van der Waals surface area contributed by atoms with Crippen molar-refractivity contribution in [2.24, 2.45) is 5.16 Å². The molecule has 1 heterocycles. The zero-order valence-corrected chi connectivity index (χ0v) is 16.5. The highest BCUT2D eigenvalue weighted by atomic mass is 16.7. The fraction of sp³-hybridized carbons (Fsp3) is 0.368. The highest BCUT2D eigenvalue weighted by Gasteiger charge is 2.16. The van der Waals surface area contributed by atoms with E-state index in [1.54, 1.807) is 45.0 Å². The van der Waals surface area contributed by atoms with Gasteiger partial charge in [0.15, 0.2) is 0 Å². The number of methoxy groups -OCH3 is 2. The third-order valence-corrected chi connectivity index (χ3v) is 3.07. The predicted octanol–water partition coefficient (Wildman–Crippen LogP) is 2.98. The summed E-state index contributed by atoms with van der Waals surface area (Å²) in [5.41, 5.74) is 0.0136. The van der Waals surface area contributed by atoms with E-state index < -0.39 is 11.6 Å². The summed E-state index contributed by atoms with van der Waals surface area (Å²) >= 11 is 0.